The lowest BCUT2D eigenvalue weighted by Gasteiger charge is -1.99. The van der Waals surface area contributed by atoms with Crippen LogP contribution in [0.2, 0.25) is 0 Å². The van der Waals surface area contributed by atoms with Gasteiger partial charge in [0, 0.05) is 18.2 Å². The molecule has 0 fully saturated rings. The Morgan fingerprint density at radius 1 is 1.60 bits per heavy atom. The highest BCUT2D eigenvalue weighted by atomic mass is 16.6. The fraction of sp³-hybridized carbons (Fsp3) is 0.200. The number of nitrogens with zero attached hydrogens (tertiary/aromatic N) is 1. The first-order valence-electron chi connectivity index (χ1n) is 4.44. The van der Waals surface area contributed by atoms with Gasteiger partial charge in [-0.15, -0.1) is 0 Å². The van der Waals surface area contributed by atoms with E-state index in [2.05, 4.69) is 5.32 Å². The molecule has 0 radical (unpaired) electrons. The van der Waals surface area contributed by atoms with Gasteiger partial charge >= 0.3 is 5.69 Å². The van der Waals surface area contributed by atoms with Gasteiger partial charge in [-0.25, -0.2) is 0 Å². The van der Waals surface area contributed by atoms with Gasteiger partial charge in [0.25, 0.3) is 0 Å². The van der Waals surface area contributed by atoms with E-state index in [0.717, 1.165) is 0 Å². The molecule has 0 saturated carbocycles. The standard InChI is InChI=1S/C10H12N2O3/c1-11-7-3-5-8-4-2-6-9(10(8)13)12(14)15/h2-6,11,13H,7H2,1H3. The number of hydrogen-bond acceptors (Lipinski definition) is 4. The number of likely N-dealkylation sites (N-methyl/N-ethyl adjacent to an activating group) is 1. The molecule has 0 amide bonds. The maximum absolute atomic E-state index is 10.5. The molecule has 15 heavy (non-hydrogen) atoms. The highest BCUT2D eigenvalue weighted by molar-refractivity contribution is 5.64. The van der Waals surface area contributed by atoms with Crippen LogP contribution in [0, 0.1) is 10.1 Å². The number of aromatic hydroxyl groups is 1. The van der Waals surface area contributed by atoms with Crippen molar-refractivity contribution in [3.8, 4) is 5.75 Å². The van der Waals surface area contributed by atoms with Gasteiger partial charge in [0.15, 0.2) is 0 Å². The number of nitro benzene ring substituents is 1. The number of benzene rings is 1. The molecule has 0 atom stereocenters. The number of nitro groups is 1. The first-order valence-corrected chi connectivity index (χ1v) is 4.44. The number of hydrogen-bond donors (Lipinski definition) is 2. The van der Waals surface area contributed by atoms with E-state index < -0.39 is 4.92 Å². The van der Waals surface area contributed by atoms with Gasteiger partial charge in [-0.2, -0.15) is 0 Å². The van der Waals surface area contributed by atoms with E-state index in [1.807, 2.05) is 0 Å². The predicted octanol–water partition coefficient (Wildman–Crippen LogP) is 1.53. The molecule has 5 nitrogen and oxygen atoms in total. The normalized spacial score (nSPS) is 10.7. The van der Waals surface area contributed by atoms with Gasteiger partial charge in [-0.3, -0.25) is 10.1 Å². The van der Waals surface area contributed by atoms with Crippen molar-refractivity contribution in [1.29, 1.82) is 0 Å². The van der Waals surface area contributed by atoms with E-state index in [4.69, 9.17) is 0 Å². The van der Waals surface area contributed by atoms with Gasteiger partial charge in [-0.05, 0) is 7.05 Å². The lowest BCUT2D eigenvalue weighted by molar-refractivity contribution is -0.385. The summed E-state index contributed by atoms with van der Waals surface area (Å²) in [4.78, 5) is 9.91. The summed E-state index contributed by atoms with van der Waals surface area (Å²) in [7, 11) is 1.79. The summed E-state index contributed by atoms with van der Waals surface area (Å²) in [6.45, 7) is 0.641. The molecule has 1 rings (SSSR count). The van der Waals surface area contributed by atoms with Crippen molar-refractivity contribution in [3.05, 3.63) is 40.0 Å². The molecule has 0 aliphatic carbocycles. The Labute approximate surface area is 87.2 Å². The van der Waals surface area contributed by atoms with Crippen LogP contribution in [0.4, 0.5) is 5.69 Å². The van der Waals surface area contributed by atoms with Crippen LogP contribution in [0.1, 0.15) is 5.56 Å². The number of phenolic OH excluding ortho intramolecular Hbond substituents is 1. The van der Waals surface area contributed by atoms with Gasteiger partial charge in [0.05, 0.1) is 4.92 Å². The maximum Gasteiger partial charge on any atom is 0.311 e. The highest BCUT2D eigenvalue weighted by Crippen LogP contribution is 2.29. The number of phenols is 1. The van der Waals surface area contributed by atoms with Crippen LogP contribution in [0.5, 0.6) is 5.75 Å². The number of para-hydroxylation sites is 1. The molecule has 0 bridgehead atoms. The zero-order chi connectivity index (χ0) is 11.3. The Morgan fingerprint density at radius 2 is 2.33 bits per heavy atom. The molecule has 0 aliphatic rings. The van der Waals surface area contributed by atoms with Crippen molar-refractivity contribution >= 4 is 11.8 Å². The zero-order valence-electron chi connectivity index (χ0n) is 8.30. The van der Waals surface area contributed by atoms with Crippen LogP contribution in [0.3, 0.4) is 0 Å². The number of nitrogens with one attached hydrogen (secondary N) is 1. The van der Waals surface area contributed by atoms with Crippen molar-refractivity contribution in [1.82, 2.24) is 5.32 Å². The van der Waals surface area contributed by atoms with Crippen LogP contribution in [0.25, 0.3) is 6.08 Å². The van der Waals surface area contributed by atoms with Crippen molar-refractivity contribution < 1.29 is 10.0 Å². The van der Waals surface area contributed by atoms with Gasteiger partial charge in [0.2, 0.25) is 5.75 Å². The molecular formula is C10H12N2O3. The monoisotopic (exact) mass is 208 g/mol. The van der Waals surface area contributed by atoms with E-state index in [9.17, 15) is 15.2 Å². The van der Waals surface area contributed by atoms with Crippen molar-refractivity contribution in [2.24, 2.45) is 0 Å². The topological polar surface area (TPSA) is 75.4 Å². The van der Waals surface area contributed by atoms with Crippen LogP contribution >= 0.6 is 0 Å². The van der Waals surface area contributed by atoms with Crippen molar-refractivity contribution in [2.45, 2.75) is 0 Å². The molecule has 2 N–H and O–H groups in total. The van der Waals surface area contributed by atoms with E-state index in [-0.39, 0.29) is 11.4 Å². The van der Waals surface area contributed by atoms with Crippen molar-refractivity contribution in [2.75, 3.05) is 13.6 Å². The molecule has 1 aromatic carbocycles. The molecule has 0 saturated heterocycles. The molecule has 0 aliphatic heterocycles. The van der Waals surface area contributed by atoms with Gasteiger partial charge in [0.1, 0.15) is 0 Å². The highest BCUT2D eigenvalue weighted by Gasteiger charge is 2.14. The maximum atomic E-state index is 10.5. The predicted molar refractivity (Wildman–Crippen MR) is 57.7 cm³/mol. The largest absolute Gasteiger partial charge is 0.502 e. The smallest absolute Gasteiger partial charge is 0.311 e. The third-order valence-corrected chi connectivity index (χ3v) is 1.86. The summed E-state index contributed by atoms with van der Waals surface area (Å²) < 4.78 is 0. The van der Waals surface area contributed by atoms with Crippen LogP contribution in [-0.2, 0) is 0 Å². The summed E-state index contributed by atoms with van der Waals surface area (Å²) in [6.07, 6.45) is 3.41. The number of rotatable bonds is 4. The molecule has 0 heterocycles. The van der Waals surface area contributed by atoms with E-state index in [1.54, 1.807) is 25.3 Å². The average molecular weight is 208 g/mol. The minimum atomic E-state index is -0.606. The summed E-state index contributed by atoms with van der Waals surface area (Å²) in [6, 6.07) is 4.43. The lowest BCUT2D eigenvalue weighted by Crippen LogP contribution is -2.03. The SMILES string of the molecule is CNCC=Cc1cccc([N+](=O)[O-])c1O. The van der Waals surface area contributed by atoms with Gasteiger partial charge < -0.3 is 10.4 Å². The Morgan fingerprint density at radius 3 is 2.93 bits per heavy atom. The Balaban J connectivity index is 2.99. The third kappa shape index (κ3) is 2.78. The van der Waals surface area contributed by atoms with Gasteiger partial charge in [-0.1, -0.05) is 24.3 Å². The molecule has 0 unspecified atom stereocenters. The van der Waals surface area contributed by atoms with Crippen molar-refractivity contribution in [3.63, 3.8) is 0 Å². The van der Waals surface area contributed by atoms with E-state index in [0.29, 0.717) is 12.1 Å². The quantitative estimate of drug-likeness (QED) is 0.581. The minimum Gasteiger partial charge on any atom is -0.502 e. The fourth-order valence-electron chi connectivity index (χ4n) is 1.13. The molecule has 0 aromatic heterocycles. The Bertz CT molecular complexity index is 388. The fourth-order valence-corrected chi connectivity index (χ4v) is 1.13. The minimum absolute atomic E-state index is 0.276. The molecule has 5 heteroatoms. The molecule has 80 valence electrons. The van der Waals surface area contributed by atoms with Crippen LogP contribution in [0.15, 0.2) is 24.3 Å². The second kappa shape index (κ2) is 5.11. The first kappa shape index (κ1) is 11.2. The van der Waals surface area contributed by atoms with E-state index in [1.165, 1.54) is 12.1 Å². The van der Waals surface area contributed by atoms with Crippen LogP contribution in [-0.4, -0.2) is 23.6 Å². The molecule has 1 aromatic rings. The summed E-state index contributed by atoms with van der Waals surface area (Å²) in [5.41, 5.74) is 0.168. The molecular weight excluding hydrogens is 196 g/mol. The Kier molecular flexibility index (Phi) is 3.82. The molecule has 0 spiro atoms. The van der Waals surface area contributed by atoms with E-state index >= 15 is 0 Å². The summed E-state index contributed by atoms with van der Waals surface area (Å²) in [5.74, 6) is -0.296. The third-order valence-electron chi connectivity index (χ3n) is 1.86. The Hall–Kier alpha value is -1.88. The second-order valence-electron chi connectivity index (χ2n) is 2.93. The summed E-state index contributed by atoms with van der Waals surface area (Å²) in [5, 5.41) is 23.0. The second-order valence-corrected chi connectivity index (χ2v) is 2.93. The average Bonchev–Trinajstić information content (AvgIpc) is 2.20. The summed E-state index contributed by atoms with van der Waals surface area (Å²) >= 11 is 0. The van der Waals surface area contributed by atoms with Crippen LogP contribution < -0.4 is 5.32 Å². The first-order chi connectivity index (χ1) is 7.16. The lowest BCUT2D eigenvalue weighted by atomic mass is 10.1. The zero-order valence-corrected chi connectivity index (χ0v) is 8.30.